The number of carbonyl (C=O) groups excluding carboxylic acids is 1. The maximum atomic E-state index is 12.0. The molecule has 1 unspecified atom stereocenters. The van der Waals surface area contributed by atoms with Crippen LogP contribution in [0.5, 0.6) is 0 Å². The van der Waals surface area contributed by atoms with Gasteiger partial charge in [-0.2, -0.15) is 15.1 Å². The molecule has 16 heteroatoms. The second-order valence-corrected chi connectivity index (χ2v) is 11.6. The van der Waals surface area contributed by atoms with Gasteiger partial charge in [-0.05, 0) is 31.4 Å². The topological polar surface area (TPSA) is 201 Å². The van der Waals surface area contributed by atoms with E-state index in [2.05, 4.69) is 25.7 Å². The van der Waals surface area contributed by atoms with Crippen LogP contribution in [-0.2, 0) is 18.8 Å². The van der Waals surface area contributed by atoms with Gasteiger partial charge < -0.3 is 40.1 Å². The molecule has 1 aliphatic carbocycles. The van der Waals surface area contributed by atoms with Gasteiger partial charge in [0.25, 0.3) is 0 Å². The van der Waals surface area contributed by atoms with E-state index >= 15 is 0 Å². The van der Waals surface area contributed by atoms with Gasteiger partial charge in [-0.1, -0.05) is 12.8 Å². The molecule has 5 atom stereocenters. The van der Waals surface area contributed by atoms with E-state index in [0.29, 0.717) is 11.2 Å². The summed E-state index contributed by atoms with van der Waals surface area (Å²) in [5, 5.41) is 29.6. The quantitative estimate of drug-likeness (QED) is 0.187. The Labute approximate surface area is 211 Å². The summed E-state index contributed by atoms with van der Waals surface area (Å²) < 4.78 is 24.5. The summed E-state index contributed by atoms with van der Waals surface area (Å²) in [4.78, 5) is 39.8. The van der Waals surface area contributed by atoms with Crippen molar-refractivity contribution in [3.05, 3.63) is 11.5 Å². The number of rotatable bonds is 9. The SMILES string of the molecule is CNC(=O)CC(C)(OC[C@H]1O[C@@H](n2ncc3c(NC4CCCC4)nc(Cl)nc32)[C@H](O)[C@@H]1O)P(=O)(O)O. The molecule has 0 bridgehead atoms. The van der Waals surface area contributed by atoms with E-state index in [1.807, 2.05) is 0 Å². The number of nitrogens with one attached hydrogen (secondary N) is 2. The molecule has 1 amide bonds. The maximum Gasteiger partial charge on any atom is 0.357 e. The number of hydrogen-bond acceptors (Lipinski definition) is 10. The van der Waals surface area contributed by atoms with Gasteiger partial charge in [0.05, 0.1) is 24.6 Å². The predicted octanol–water partition coefficient (Wildman–Crippen LogP) is 0.500. The summed E-state index contributed by atoms with van der Waals surface area (Å²) in [5.41, 5.74) is 0.271. The van der Waals surface area contributed by atoms with Crippen molar-refractivity contribution in [3.63, 3.8) is 0 Å². The van der Waals surface area contributed by atoms with Crippen LogP contribution in [0.25, 0.3) is 11.0 Å². The summed E-state index contributed by atoms with van der Waals surface area (Å²) in [6, 6.07) is 0.248. The minimum atomic E-state index is -4.91. The largest absolute Gasteiger partial charge is 0.387 e. The van der Waals surface area contributed by atoms with Crippen LogP contribution >= 0.6 is 19.2 Å². The van der Waals surface area contributed by atoms with Crippen LogP contribution in [0.4, 0.5) is 5.82 Å². The lowest BCUT2D eigenvalue weighted by Crippen LogP contribution is -2.40. The van der Waals surface area contributed by atoms with Crippen LogP contribution in [0, 0.1) is 0 Å². The third-order valence-corrected chi connectivity index (χ3v) is 8.33. The van der Waals surface area contributed by atoms with Crippen molar-refractivity contribution in [1.29, 1.82) is 0 Å². The number of hydrogen-bond donors (Lipinski definition) is 6. The molecule has 2 aromatic heterocycles. The van der Waals surface area contributed by atoms with E-state index < -0.39 is 56.4 Å². The van der Waals surface area contributed by atoms with Crippen LogP contribution < -0.4 is 10.6 Å². The molecule has 2 aliphatic rings. The van der Waals surface area contributed by atoms with Crippen molar-refractivity contribution in [3.8, 4) is 0 Å². The standard InChI is InChI=1S/C20H30ClN6O8P/c1-20(36(31,32)33,7-13(28)22-2)34-9-12-14(29)15(30)18(35-12)27-17-11(8-23-27)16(25-19(21)26-17)24-10-5-3-4-6-10/h8,10,12,14-15,18,29-30H,3-7,9H2,1-2H3,(H,22,28)(H,24,25,26)(H2,31,32,33)/t12-,14-,15-,18-,20?/m1/s1. The Morgan fingerprint density at radius 2 is 2.00 bits per heavy atom. The van der Waals surface area contributed by atoms with Gasteiger partial charge in [0.15, 0.2) is 17.2 Å². The summed E-state index contributed by atoms with van der Waals surface area (Å²) in [7, 11) is -3.58. The molecule has 2 aromatic rings. The fourth-order valence-electron chi connectivity index (χ4n) is 4.41. The molecule has 0 radical (unpaired) electrons. The molecule has 1 saturated carbocycles. The van der Waals surface area contributed by atoms with E-state index in [9.17, 15) is 29.4 Å². The lowest BCUT2D eigenvalue weighted by atomic mass is 10.1. The molecule has 1 aliphatic heterocycles. The predicted molar refractivity (Wildman–Crippen MR) is 127 cm³/mol. The third-order valence-electron chi connectivity index (χ3n) is 6.64. The third kappa shape index (κ3) is 5.36. The molecule has 36 heavy (non-hydrogen) atoms. The molecule has 1 saturated heterocycles. The number of aliphatic hydroxyl groups is 2. The van der Waals surface area contributed by atoms with Gasteiger partial charge in [-0.3, -0.25) is 9.36 Å². The molecule has 14 nitrogen and oxygen atoms in total. The average Bonchev–Trinajstić information content (AvgIpc) is 3.53. The normalized spacial score (nSPS) is 26.9. The molecule has 0 aromatic carbocycles. The van der Waals surface area contributed by atoms with Crippen LogP contribution in [0.1, 0.15) is 45.3 Å². The van der Waals surface area contributed by atoms with Crippen molar-refractivity contribution in [1.82, 2.24) is 25.1 Å². The maximum absolute atomic E-state index is 12.0. The van der Waals surface area contributed by atoms with Crippen LogP contribution in [-0.4, -0.2) is 89.0 Å². The van der Waals surface area contributed by atoms with E-state index in [1.54, 1.807) is 0 Å². The Morgan fingerprint density at radius 1 is 1.31 bits per heavy atom. The Bertz CT molecular complexity index is 1160. The highest BCUT2D eigenvalue weighted by molar-refractivity contribution is 7.53. The minimum Gasteiger partial charge on any atom is -0.387 e. The molecule has 2 fully saturated rings. The Kier molecular flexibility index (Phi) is 7.89. The Morgan fingerprint density at radius 3 is 2.64 bits per heavy atom. The zero-order valence-corrected chi connectivity index (χ0v) is 21.4. The fourth-order valence-corrected chi connectivity index (χ4v) is 5.17. The number of amides is 1. The first-order chi connectivity index (χ1) is 16.9. The monoisotopic (exact) mass is 548 g/mol. The first kappa shape index (κ1) is 27.1. The molecular weight excluding hydrogens is 519 g/mol. The van der Waals surface area contributed by atoms with E-state index in [0.717, 1.165) is 32.6 Å². The lowest BCUT2D eigenvalue weighted by Gasteiger charge is -2.31. The first-order valence-corrected chi connectivity index (χ1v) is 13.5. The molecule has 6 N–H and O–H groups in total. The molecular formula is C20H30ClN6O8P. The Balaban J connectivity index is 1.54. The fraction of sp³-hybridized carbons (Fsp3) is 0.700. The van der Waals surface area contributed by atoms with E-state index in [-0.39, 0.29) is 17.0 Å². The molecule has 3 heterocycles. The van der Waals surface area contributed by atoms with Crippen molar-refractivity contribution in [2.75, 3.05) is 19.0 Å². The molecule has 4 rings (SSSR count). The number of nitrogens with zero attached hydrogens (tertiary/aromatic N) is 4. The average molecular weight is 549 g/mol. The van der Waals surface area contributed by atoms with Crippen LogP contribution in [0.3, 0.4) is 0 Å². The smallest absolute Gasteiger partial charge is 0.357 e. The van der Waals surface area contributed by atoms with E-state index in [4.69, 9.17) is 21.1 Å². The summed E-state index contributed by atoms with van der Waals surface area (Å²) in [5.74, 6) is -0.143. The number of anilines is 1. The number of ether oxygens (including phenoxy) is 2. The van der Waals surface area contributed by atoms with Gasteiger partial charge in [-0.15, -0.1) is 0 Å². The van der Waals surface area contributed by atoms with Gasteiger partial charge in [0.2, 0.25) is 11.2 Å². The highest BCUT2D eigenvalue weighted by Gasteiger charge is 2.49. The minimum absolute atomic E-state index is 0.0377. The zero-order chi connectivity index (χ0) is 26.3. The first-order valence-electron chi connectivity index (χ1n) is 11.5. The second-order valence-electron chi connectivity index (χ2n) is 9.22. The van der Waals surface area contributed by atoms with Gasteiger partial charge in [0, 0.05) is 13.1 Å². The highest BCUT2D eigenvalue weighted by Crippen LogP contribution is 2.53. The number of halogens is 1. The van der Waals surface area contributed by atoms with Gasteiger partial charge >= 0.3 is 7.60 Å². The van der Waals surface area contributed by atoms with Crippen LogP contribution in [0.15, 0.2) is 6.20 Å². The summed E-state index contributed by atoms with van der Waals surface area (Å²) in [6.45, 7) is 0.577. The van der Waals surface area contributed by atoms with Crippen molar-refractivity contribution >= 4 is 42.0 Å². The zero-order valence-electron chi connectivity index (χ0n) is 19.7. The number of aliphatic hydroxyl groups excluding tert-OH is 2. The van der Waals surface area contributed by atoms with Crippen LogP contribution in [0.2, 0.25) is 5.28 Å². The second kappa shape index (κ2) is 10.5. The highest BCUT2D eigenvalue weighted by atomic mass is 35.5. The summed E-state index contributed by atoms with van der Waals surface area (Å²) in [6.07, 6.45) is -0.219. The Hall–Kier alpha value is -1.90. The van der Waals surface area contributed by atoms with Crippen molar-refractivity contribution < 1.29 is 38.8 Å². The number of carbonyl (C=O) groups is 1. The summed E-state index contributed by atoms with van der Waals surface area (Å²) >= 11 is 6.15. The number of fused-ring (bicyclic) bond motifs is 1. The van der Waals surface area contributed by atoms with Crippen molar-refractivity contribution in [2.45, 2.75) is 75.0 Å². The molecule has 200 valence electrons. The van der Waals surface area contributed by atoms with Gasteiger partial charge in [-0.25, -0.2) is 4.68 Å². The lowest BCUT2D eigenvalue weighted by molar-refractivity contribution is -0.129. The molecule has 0 spiro atoms. The van der Waals surface area contributed by atoms with E-state index in [1.165, 1.54) is 17.9 Å². The van der Waals surface area contributed by atoms with Crippen molar-refractivity contribution in [2.24, 2.45) is 0 Å². The number of aromatic nitrogens is 4. The van der Waals surface area contributed by atoms with Gasteiger partial charge in [0.1, 0.15) is 24.1 Å².